The molecule has 0 saturated heterocycles. The lowest BCUT2D eigenvalue weighted by Crippen LogP contribution is -2.61. The lowest BCUT2D eigenvalue weighted by Gasteiger charge is -2.46. The molecule has 0 bridgehead atoms. The van der Waals surface area contributed by atoms with Crippen molar-refractivity contribution in [2.75, 3.05) is 17.3 Å². The third-order valence-electron chi connectivity index (χ3n) is 6.75. The second kappa shape index (κ2) is 8.92. The van der Waals surface area contributed by atoms with Gasteiger partial charge in [0.05, 0.1) is 12.3 Å². The van der Waals surface area contributed by atoms with E-state index in [1.54, 1.807) is 6.20 Å². The summed E-state index contributed by atoms with van der Waals surface area (Å²) in [6.07, 6.45) is 7.63. The zero-order valence-corrected chi connectivity index (χ0v) is 19.0. The zero-order chi connectivity index (χ0) is 22.8. The van der Waals surface area contributed by atoms with Gasteiger partial charge in [0.2, 0.25) is 0 Å². The minimum absolute atomic E-state index is 0.236. The molecule has 1 aliphatic carbocycles. The zero-order valence-electron chi connectivity index (χ0n) is 19.0. The number of nitrogens with two attached hydrogens (primary N) is 2. The van der Waals surface area contributed by atoms with Crippen LogP contribution in [0.4, 0.5) is 5.69 Å². The first-order valence-corrected chi connectivity index (χ1v) is 11.7. The van der Waals surface area contributed by atoms with Crippen LogP contribution in [0.2, 0.25) is 0 Å². The summed E-state index contributed by atoms with van der Waals surface area (Å²) in [4.78, 5) is 4.66. The van der Waals surface area contributed by atoms with E-state index in [1.165, 1.54) is 0 Å². The van der Waals surface area contributed by atoms with Crippen LogP contribution in [0.3, 0.4) is 0 Å². The highest BCUT2D eigenvalue weighted by Crippen LogP contribution is 2.44. The SMILES string of the molecule is CCOc1ccc(NC2=C(c3ccccc3)C(N)(C3CCC(N)CC3)Nn3ccnc32)cc1. The van der Waals surface area contributed by atoms with E-state index in [0.29, 0.717) is 6.61 Å². The van der Waals surface area contributed by atoms with Crippen molar-refractivity contribution in [2.24, 2.45) is 17.4 Å². The van der Waals surface area contributed by atoms with E-state index in [0.717, 1.165) is 59.8 Å². The third kappa shape index (κ3) is 4.10. The minimum Gasteiger partial charge on any atom is -0.494 e. The maximum Gasteiger partial charge on any atom is 0.175 e. The summed E-state index contributed by atoms with van der Waals surface area (Å²) in [6, 6.07) is 18.6. The quantitative estimate of drug-likeness (QED) is 0.458. The van der Waals surface area contributed by atoms with Crippen LogP contribution in [0.1, 0.15) is 44.0 Å². The fraction of sp³-hybridized carbons (Fsp3) is 0.346. The molecular formula is C26H32N6O. The van der Waals surface area contributed by atoms with Gasteiger partial charge in [-0.1, -0.05) is 30.3 Å². The predicted molar refractivity (Wildman–Crippen MR) is 133 cm³/mol. The molecule has 5 rings (SSSR count). The van der Waals surface area contributed by atoms with Crippen LogP contribution >= 0.6 is 0 Å². The molecule has 3 aromatic rings. The number of aromatic nitrogens is 2. The minimum atomic E-state index is -0.775. The predicted octanol–water partition coefficient (Wildman–Crippen LogP) is 3.99. The van der Waals surface area contributed by atoms with E-state index < -0.39 is 5.66 Å². The fourth-order valence-electron chi connectivity index (χ4n) is 5.07. The monoisotopic (exact) mass is 444 g/mol. The molecule has 2 aromatic carbocycles. The van der Waals surface area contributed by atoms with Gasteiger partial charge in [-0.15, -0.1) is 0 Å². The molecule has 1 atom stereocenters. The Bertz CT molecular complexity index is 1120. The Balaban J connectivity index is 1.63. The molecule has 0 radical (unpaired) electrons. The topological polar surface area (TPSA) is 103 Å². The molecule has 7 nitrogen and oxygen atoms in total. The standard InChI is InChI=1S/C26H32N6O/c1-2-33-22-14-12-21(13-15-22)30-24-23(18-6-4-3-5-7-18)26(28,19-8-10-20(27)11-9-19)31-32-17-16-29-25(24)32/h3-7,12-17,19-20,30-31H,2,8-11,27-28H2,1H3. The highest BCUT2D eigenvalue weighted by atomic mass is 16.5. The second-order valence-electron chi connectivity index (χ2n) is 8.91. The maximum absolute atomic E-state index is 7.32. The molecular weight excluding hydrogens is 412 g/mol. The summed E-state index contributed by atoms with van der Waals surface area (Å²) >= 11 is 0. The van der Waals surface area contributed by atoms with Gasteiger partial charge in [0.15, 0.2) is 5.82 Å². The van der Waals surface area contributed by atoms with E-state index >= 15 is 0 Å². The number of hydrogen-bond donors (Lipinski definition) is 4. The smallest absolute Gasteiger partial charge is 0.175 e. The Hall–Kier alpha value is -3.29. The largest absolute Gasteiger partial charge is 0.494 e. The third-order valence-corrected chi connectivity index (χ3v) is 6.75. The number of fused-ring (bicyclic) bond motifs is 1. The second-order valence-corrected chi connectivity index (χ2v) is 8.91. The molecule has 1 unspecified atom stereocenters. The van der Waals surface area contributed by atoms with Crippen molar-refractivity contribution in [3.63, 3.8) is 0 Å². The molecule has 2 heterocycles. The summed E-state index contributed by atoms with van der Waals surface area (Å²) in [5.74, 6) is 1.88. The van der Waals surface area contributed by atoms with Crippen molar-refractivity contribution in [1.29, 1.82) is 0 Å². The van der Waals surface area contributed by atoms with Crippen molar-refractivity contribution >= 4 is 17.0 Å². The highest BCUT2D eigenvalue weighted by molar-refractivity contribution is 5.99. The van der Waals surface area contributed by atoms with Gasteiger partial charge in [-0.05, 0) is 62.4 Å². The Morgan fingerprint density at radius 3 is 2.52 bits per heavy atom. The number of hydrogen-bond acceptors (Lipinski definition) is 6. The molecule has 33 heavy (non-hydrogen) atoms. The van der Waals surface area contributed by atoms with Crippen LogP contribution in [-0.4, -0.2) is 28.0 Å². The molecule has 1 saturated carbocycles. The van der Waals surface area contributed by atoms with Crippen molar-refractivity contribution in [3.8, 4) is 5.75 Å². The van der Waals surface area contributed by atoms with Gasteiger partial charge in [0.1, 0.15) is 11.4 Å². The first kappa shape index (κ1) is 21.6. The molecule has 1 fully saturated rings. The molecule has 1 aliphatic heterocycles. The van der Waals surface area contributed by atoms with Crippen molar-refractivity contribution in [3.05, 3.63) is 78.4 Å². The number of ether oxygens (including phenoxy) is 1. The highest BCUT2D eigenvalue weighted by Gasteiger charge is 2.46. The normalized spacial score (nSPS) is 24.7. The van der Waals surface area contributed by atoms with Gasteiger partial charge >= 0.3 is 0 Å². The number of benzene rings is 2. The van der Waals surface area contributed by atoms with Crippen molar-refractivity contribution in [2.45, 2.75) is 44.3 Å². The van der Waals surface area contributed by atoms with Gasteiger partial charge in [-0.3, -0.25) is 5.43 Å². The van der Waals surface area contributed by atoms with Crippen LogP contribution in [-0.2, 0) is 0 Å². The van der Waals surface area contributed by atoms with E-state index in [4.69, 9.17) is 16.2 Å². The fourth-order valence-corrected chi connectivity index (χ4v) is 5.07. The Morgan fingerprint density at radius 1 is 1.09 bits per heavy atom. The Kier molecular flexibility index (Phi) is 5.83. The number of nitrogens with one attached hydrogen (secondary N) is 2. The number of rotatable bonds is 6. The van der Waals surface area contributed by atoms with Crippen LogP contribution in [0, 0.1) is 5.92 Å². The maximum atomic E-state index is 7.32. The van der Waals surface area contributed by atoms with Crippen LogP contribution in [0.15, 0.2) is 67.0 Å². The lowest BCUT2D eigenvalue weighted by atomic mass is 9.73. The summed E-state index contributed by atoms with van der Waals surface area (Å²) in [7, 11) is 0. The van der Waals surface area contributed by atoms with Crippen LogP contribution < -0.4 is 26.9 Å². The van der Waals surface area contributed by atoms with Crippen molar-refractivity contribution < 1.29 is 4.74 Å². The Morgan fingerprint density at radius 2 is 1.82 bits per heavy atom. The molecule has 2 aliphatic rings. The van der Waals surface area contributed by atoms with Gasteiger partial charge in [-0.2, -0.15) is 0 Å². The van der Waals surface area contributed by atoms with Gasteiger partial charge in [0, 0.05) is 35.6 Å². The first-order chi connectivity index (χ1) is 16.1. The van der Waals surface area contributed by atoms with E-state index in [1.807, 2.05) is 48.1 Å². The van der Waals surface area contributed by atoms with Gasteiger partial charge in [-0.25, -0.2) is 9.66 Å². The van der Waals surface area contributed by atoms with Crippen molar-refractivity contribution in [1.82, 2.24) is 9.66 Å². The molecule has 0 spiro atoms. The van der Waals surface area contributed by atoms with E-state index in [9.17, 15) is 0 Å². The van der Waals surface area contributed by atoms with Gasteiger partial charge < -0.3 is 21.5 Å². The molecule has 6 N–H and O–H groups in total. The van der Waals surface area contributed by atoms with E-state index in [2.05, 4.69) is 40.0 Å². The van der Waals surface area contributed by atoms with Crippen LogP contribution in [0.25, 0.3) is 11.3 Å². The number of anilines is 1. The van der Waals surface area contributed by atoms with Crippen LogP contribution in [0.5, 0.6) is 5.75 Å². The summed E-state index contributed by atoms with van der Waals surface area (Å²) in [6.45, 7) is 2.62. The average molecular weight is 445 g/mol. The lowest BCUT2D eigenvalue weighted by molar-refractivity contribution is 0.246. The molecule has 7 heteroatoms. The van der Waals surface area contributed by atoms with Gasteiger partial charge in [0.25, 0.3) is 0 Å². The van der Waals surface area contributed by atoms with E-state index in [-0.39, 0.29) is 12.0 Å². The number of nitrogens with zero attached hydrogens (tertiary/aromatic N) is 2. The molecule has 1 aromatic heterocycles. The first-order valence-electron chi connectivity index (χ1n) is 11.7. The molecule has 172 valence electrons. The Labute approximate surface area is 194 Å². The molecule has 0 amide bonds. The number of imidazole rings is 1. The summed E-state index contributed by atoms with van der Waals surface area (Å²) in [5.41, 5.74) is 20.3. The summed E-state index contributed by atoms with van der Waals surface area (Å²) < 4.78 is 7.55. The average Bonchev–Trinajstić information content (AvgIpc) is 3.29. The summed E-state index contributed by atoms with van der Waals surface area (Å²) in [5, 5.41) is 3.64.